The zero-order chi connectivity index (χ0) is 16.8. The maximum atomic E-state index is 9.10. The van der Waals surface area contributed by atoms with Gasteiger partial charge in [-0.05, 0) is 11.4 Å². The smallest absolute Gasteiger partial charge is 0.414 e. The molecule has 0 aromatic carbocycles. The minimum Gasteiger partial charge on any atom is -0.473 e. The van der Waals surface area contributed by atoms with Crippen molar-refractivity contribution in [1.29, 1.82) is 5.26 Å². The molecule has 2 aromatic heterocycles. The normalized spacial score (nSPS) is 14.2. The summed E-state index contributed by atoms with van der Waals surface area (Å²) in [5.41, 5.74) is 0.998. The first kappa shape index (κ1) is 16.6. The van der Waals surface area contributed by atoms with Crippen molar-refractivity contribution < 1.29 is 24.3 Å². The van der Waals surface area contributed by atoms with Crippen molar-refractivity contribution in [3.8, 4) is 17.5 Å². The molecule has 1 aliphatic heterocycles. The number of aromatic nitrogens is 2. The molecule has 9 nitrogen and oxygen atoms in total. The Morgan fingerprint density at radius 2 is 2.13 bits per heavy atom. The molecule has 1 fully saturated rings. The molecule has 2 N–H and O–H groups in total. The molecule has 10 heteroatoms. The molecule has 0 amide bonds. The van der Waals surface area contributed by atoms with Crippen molar-refractivity contribution in [2.75, 3.05) is 19.6 Å². The number of thiophene rings is 1. The van der Waals surface area contributed by atoms with Crippen molar-refractivity contribution in [3.63, 3.8) is 0 Å². The molecule has 3 heterocycles. The summed E-state index contributed by atoms with van der Waals surface area (Å²) in [4.78, 5) is 24.6. The summed E-state index contributed by atoms with van der Waals surface area (Å²) >= 11 is 1.61. The lowest BCUT2D eigenvalue weighted by Gasteiger charge is -2.34. The molecular weight excluding hydrogens is 324 g/mol. The van der Waals surface area contributed by atoms with E-state index in [1.54, 1.807) is 11.3 Å². The van der Waals surface area contributed by atoms with E-state index in [-0.39, 0.29) is 5.92 Å². The van der Waals surface area contributed by atoms with Gasteiger partial charge in [0.25, 0.3) is 0 Å². The van der Waals surface area contributed by atoms with Crippen LogP contribution < -0.4 is 0 Å². The molecule has 3 rings (SSSR count). The van der Waals surface area contributed by atoms with Gasteiger partial charge in [-0.15, -0.1) is 0 Å². The number of carboxylic acid groups (broad SMARTS) is 2. The lowest BCUT2D eigenvalue weighted by atomic mass is 10.0. The van der Waals surface area contributed by atoms with Crippen LogP contribution in [0.1, 0.15) is 11.8 Å². The SMILES string of the molecule is N#CCN1CC(c2nc(-c3ccsc3)no2)C1.O=C(O)C(=O)O. The predicted octanol–water partition coefficient (Wildman–Crippen LogP) is 0.876. The number of rotatable bonds is 3. The van der Waals surface area contributed by atoms with Gasteiger partial charge in [-0.25, -0.2) is 9.59 Å². The van der Waals surface area contributed by atoms with E-state index in [2.05, 4.69) is 21.1 Å². The van der Waals surface area contributed by atoms with Crippen molar-refractivity contribution in [2.24, 2.45) is 0 Å². The average molecular weight is 336 g/mol. The Hall–Kier alpha value is -2.77. The van der Waals surface area contributed by atoms with Gasteiger partial charge in [0, 0.05) is 24.0 Å². The number of carboxylic acids is 2. The number of hydrogen-bond acceptors (Lipinski definition) is 8. The number of aliphatic carboxylic acids is 2. The highest BCUT2D eigenvalue weighted by molar-refractivity contribution is 7.08. The lowest BCUT2D eigenvalue weighted by Crippen LogP contribution is -2.45. The highest BCUT2D eigenvalue weighted by Gasteiger charge is 2.32. The van der Waals surface area contributed by atoms with Gasteiger partial charge in [0.15, 0.2) is 0 Å². The van der Waals surface area contributed by atoms with Crippen LogP contribution in [0.15, 0.2) is 21.3 Å². The maximum Gasteiger partial charge on any atom is 0.414 e. The van der Waals surface area contributed by atoms with E-state index in [0.29, 0.717) is 18.3 Å². The van der Waals surface area contributed by atoms with Crippen molar-refractivity contribution in [3.05, 3.63) is 22.7 Å². The summed E-state index contributed by atoms with van der Waals surface area (Å²) in [6.45, 7) is 2.14. The second-order valence-corrected chi connectivity index (χ2v) is 5.41. The number of nitriles is 1. The molecule has 2 aromatic rings. The van der Waals surface area contributed by atoms with Crippen LogP contribution in [-0.2, 0) is 9.59 Å². The Morgan fingerprint density at radius 1 is 1.43 bits per heavy atom. The zero-order valence-electron chi connectivity index (χ0n) is 11.7. The Labute approximate surface area is 134 Å². The fourth-order valence-corrected chi connectivity index (χ4v) is 2.50. The molecule has 1 saturated heterocycles. The van der Waals surface area contributed by atoms with Gasteiger partial charge in [-0.1, -0.05) is 5.16 Å². The van der Waals surface area contributed by atoms with Crippen LogP contribution in [0.2, 0.25) is 0 Å². The Kier molecular flexibility index (Phi) is 5.40. The quantitative estimate of drug-likeness (QED) is 0.617. The van der Waals surface area contributed by atoms with E-state index in [1.165, 1.54) is 0 Å². The molecular formula is C13H12N4O5S. The summed E-state index contributed by atoms with van der Waals surface area (Å²) in [5.74, 6) is -2.03. The van der Waals surface area contributed by atoms with Crippen LogP contribution in [0.3, 0.4) is 0 Å². The van der Waals surface area contributed by atoms with Crippen molar-refractivity contribution in [2.45, 2.75) is 5.92 Å². The van der Waals surface area contributed by atoms with E-state index < -0.39 is 11.9 Å². The number of likely N-dealkylation sites (tertiary alicyclic amines) is 1. The lowest BCUT2D eigenvalue weighted by molar-refractivity contribution is -0.159. The third-order valence-corrected chi connectivity index (χ3v) is 3.69. The molecule has 0 radical (unpaired) electrons. The van der Waals surface area contributed by atoms with Gasteiger partial charge in [0.1, 0.15) is 0 Å². The molecule has 0 saturated carbocycles. The van der Waals surface area contributed by atoms with Crippen LogP contribution in [0.5, 0.6) is 0 Å². The monoisotopic (exact) mass is 336 g/mol. The van der Waals surface area contributed by atoms with Gasteiger partial charge >= 0.3 is 11.9 Å². The first-order valence-corrected chi connectivity index (χ1v) is 7.37. The van der Waals surface area contributed by atoms with Crippen LogP contribution in [0.4, 0.5) is 0 Å². The van der Waals surface area contributed by atoms with Gasteiger partial charge in [-0.2, -0.15) is 21.6 Å². The third kappa shape index (κ3) is 4.35. The zero-order valence-corrected chi connectivity index (χ0v) is 12.6. The van der Waals surface area contributed by atoms with E-state index >= 15 is 0 Å². The molecule has 0 atom stereocenters. The van der Waals surface area contributed by atoms with Gasteiger partial charge in [-0.3, -0.25) is 4.90 Å². The van der Waals surface area contributed by atoms with E-state index in [0.717, 1.165) is 18.7 Å². The standard InChI is InChI=1S/C11H10N4OS.C2H2O4/c12-2-3-15-5-9(6-15)11-13-10(14-16-11)8-1-4-17-7-8;3-1(4)2(5)6/h1,4,7,9H,3,5-6H2;(H,3,4)(H,5,6). The Bertz CT molecular complexity index is 703. The number of carbonyl (C=O) groups is 2. The van der Waals surface area contributed by atoms with Crippen molar-refractivity contribution in [1.82, 2.24) is 15.0 Å². The maximum absolute atomic E-state index is 9.10. The molecule has 120 valence electrons. The number of nitrogens with zero attached hydrogens (tertiary/aromatic N) is 4. The molecule has 0 unspecified atom stereocenters. The molecule has 23 heavy (non-hydrogen) atoms. The average Bonchev–Trinajstić information content (AvgIpc) is 3.13. The van der Waals surface area contributed by atoms with E-state index in [1.807, 2.05) is 16.8 Å². The number of hydrogen-bond donors (Lipinski definition) is 2. The highest BCUT2D eigenvalue weighted by atomic mass is 32.1. The van der Waals surface area contributed by atoms with Gasteiger partial charge in [0.2, 0.25) is 11.7 Å². The first-order chi connectivity index (χ1) is 11.0. The van der Waals surface area contributed by atoms with Gasteiger partial charge in [0.05, 0.1) is 18.5 Å². The molecule has 0 aliphatic carbocycles. The highest BCUT2D eigenvalue weighted by Crippen LogP contribution is 2.27. The summed E-state index contributed by atoms with van der Waals surface area (Å²) in [5, 5.41) is 31.3. The van der Waals surface area contributed by atoms with Crippen LogP contribution in [0.25, 0.3) is 11.4 Å². The Morgan fingerprint density at radius 3 is 2.65 bits per heavy atom. The largest absolute Gasteiger partial charge is 0.473 e. The van der Waals surface area contributed by atoms with Crippen LogP contribution in [-0.4, -0.2) is 56.8 Å². The topological polar surface area (TPSA) is 141 Å². The first-order valence-electron chi connectivity index (χ1n) is 6.43. The molecule has 0 bridgehead atoms. The fourth-order valence-electron chi connectivity index (χ4n) is 1.87. The summed E-state index contributed by atoms with van der Waals surface area (Å²) in [6, 6.07) is 4.10. The fraction of sp³-hybridized carbons (Fsp3) is 0.308. The van der Waals surface area contributed by atoms with E-state index in [4.69, 9.17) is 29.6 Å². The third-order valence-electron chi connectivity index (χ3n) is 3.00. The van der Waals surface area contributed by atoms with Crippen LogP contribution in [0, 0.1) is 11.3 Å². The molecule has 1 aliphatic rings. The minimum atomic E-state index is -1.82. The van der Waals surface area contributed by atoms with Gasteiger partial charge < -0.3 is 14.7 Å². The summed E-state index contributed by atoms with van der Waals surface area (Å²) in [6.07, 6.45) is 0. The van der Waals surface area contributed by atoms with Crippen LogP contribution >= 0.6 is 11.3 Å². The predicted molar refractivity (Wildman–Crippen MR) is 77.7 cm³/mol. The minimum absolute atomic E-state index is 0.281. The molecule has 0 spiro atoms. The van der Waals surface area contributed by atoms with Crippen molar-refractivity contribution >= 4 is 23.3 Å². The summed E-state index contributed by atoms with van der Waals surface area (Å²) < 4.78 is 5.25. The second kappa shape index (κ2) is 7.48. The van der Waals surface area contributed by atoms with E-state index in [9.17, 15) is 0 Å². The second-order valence-electron chi connectivity index (χ2n) is 4.63. The Balaban J connectivity index is 0.000000277. The summed E-state index contributed by atoms with van der Waals surface area (Å²) in [7, 11) is 0.